The quantitative estimate of drug-likeness (QED) is 0.609. The Labute approximate surface area is 122 Å². The van der Waals surface area contributed by atoms with Crippen LogP contribution in [0.4, 0.5) is 5.69 Å². The van der Waals surface area contributed by atoms with Crippen LogP contribution in [0.3, 0.4) is 0 Å². The first-order valence-electron chi connectivity index (χ1n) is 4.58. The van der Waals surface area contributed by atoms with Gasteiger partial charge in [-0.05, 0) is 17.7 Å². The van der Waals surface area contributed by atoms with Crippen molar-refractivity contribution >= 4 is 52.1 Å². The van der Waals surface area contributed by atoms with Gasteiger partial charge < -0.3 is 4.98 Å². The van der Waals surface area contributed by atoms with Crippen LogP contribution in [0.15, 0.2) is 18.2 Å². The number of rotatable bonds is 2. The van der Waals surface area contributed by atoms with Crippen LogP contribution >= 0.6 is 46.4 Å². The standard InChI is InChI=1S/C10H4Cl4N2O2/c11-5-2-1-4(3-6(5)12)7-8(16(17)18)10(14)15-9(7)13/h1-3,15H. The number of aromatic nitrogens is 1. The van der Waals surface area contributed by atoms with Crippen LogP contribution < -0.4 is 0 Å². The van der Waals surface area contributed by atoms with Crippen molar-refractivity contribution in [3.8, 4) is 11.1 Å². The van der Waals surface area contributed by atoms with E-state index < -0.39 is 4.92 Å². The second kappa shape index (κ2) is 4.97. The zero-order valence-corrected chi connectivity index (χ0v) is 11.5. The molecular formula is C10H4Cl4N2O2. The summed E-state index contributed by atoms with van der Waals surface area (Å²) >= 11 is 23.3. The maximum atomic E-state index is 11.0. The van der Waals surface area contributed by atoms with Crippen LogP contribution in [-0.4, -0.2) is 9.91 Å². The molecule has 2 rings (SSSR count). The van der Waals surface area contributed by atoms with Gasteiger partial charge in [-0.2, -0.15) is 0 Å². The topological polar surface area (TPSA) is 58.9 Å². The summed E-state index contributed by atoms with van der Waals surface area (Å²) < 4.78 is 0. The van der Waals surface area contributed by atoms with Crippen molar-refractivity contribution in [1.82, 2.24) is 4.98 Å². The Morgan fingerprint density at radius 2 is 1.72 bits per heavy atom. The van der Waals surface area contributed by atoms with E-state index in [1.165, 1.54) is 12.1 Å². The molecule has 0 amide bonds. The highest BCUT2D eigenvalue weighted by molar-refractivity contribution is 6.42. The van der Waals surface area contributed by atoms with Gasteiger partial charge >= 0.3 is 5.69 Å². The van der Waals surface area contributed by atoms with E-state index in [-0.39, 0.29) is 26.6 Å². The molecule has 94 valence electrons. The SMILES string of the molecule is O=[N+]([O-])c1c(Cl)[nH]c(Cl)c1-c1ccc(Cl)c(Cl)c1. The zero-order valence-electron chi connectivity index (χ0n) is 8.51. The second-order valence-corrected chi connectivity index (χ2v) is 4.93. The summed E-state index contributed by atoms with van der Waals surface area (Å²) in [6.07, 6.45) is 0. The maximum absolute atomic E-state index is 11.0. The Hall–Kier alpha value is -0.940. The summed E-state index contributed by atoms with van der Waals surface area (Å²) in [5.74, 6) is 0. The van der Waals surface area contributed by atoms with Crippen molar-refractivity contribution in [3.63, 3.8) is 0 Å². The summed E-state index contributed by atoms with van der Waals surface area (Å²) in [6, 6.07) is 4.59. The summed E-state index contributed by atoms with van der Waals surface area (Å²) in [5, 5.41) is 11.5. The fourth-order valence-corrected chi connectivity index (χ4v) is 2.42. The minimum absolute atomic E-state index is 0.0742. The summed E-state index contributed by atoms with van der Waals surface area (Å²) in [5.41, 5.74) is 0.356. The Morgan fingerprint density at radius 3 is 2.28 bits per heavy atom. The number of halogens is 4. The third-order valence-corrected chi connectivity index (χ3v) is 3.57. The van der Waals surface area contributed by atoms with E-state index in [9.17, 15) is 10.1 Å². The molecule has 0 bridgehead atoms. The van der Waals surface area contributed by atoms with E-state index in [1.807, 2.05) is 0 Å². The lowest BCUT2D eigenvalue weighted by Gasteiger charge is -2.02. The molecule has 0 spiro atoms. The van der Waals surface area contributed by atoms with Gasteiger partial charge in [-0.3, -0.25) is 10.1 Å². The minimum atomic E-state index is -0.609. The molecule has 1 aromatic carbocycles. The second-order valence-electron chi connectivity index (χ2n) is 3.36. The van der Waals surface area contributed by atoms with Gasteiger partial charge in [0.15, 0.2) is 5.15 Å². The van der Waals surface area contributed by atoms with Crippen molar-refractivity contribution in [2.45, 2.75) is 0 Å². The minimum Gasteiger partial charge on any atom is -0.330 e. The summed E-state index contributed by atoms with van der Waals surface area (Å²) in [7, 11) is 0. The van der Waals surface area contributed by atoms with E-state index in [0.717, 1.165) is 0 Å². The summed E-state index contributed by atoms with van der Waals surface area (Å²) in [4.78, 5) is 12.9. The third-order valence-electron chi connectivity index (χ3n) is 2.27. The largest absolute Gasteiger partial charge is 0.330 e. The first-order chi connectivity index (χ1) is 8.41. The molecule has 1 heterocycles. The van der Waals surface area contributed by atoms with E-state index >= 15 is 0 Å². The fourth-order valence-electron chi connectivity index (χ4n) is 1.52. The van der Waals surface area contributed by atoms with Crippen molar-refractivity contribution in [2.75, 3.05) is 0 Å². The molecule has 0 saturated carbocycles. The van der Waals surface area contributed by atoms with Gasteiger partial charge in [0.2, 0.25) is 0 Å². The monoisotopic (exact) mass is 324 g/mol. The average molecular weight is 326 g/mol. The van der Waals surface area contributed by atoms with Crippen molar-refractivity contribution in [3.05, 3.63) is 48.7 Å². The molecule has 0 radical (unpaired) electrons. The Kier molecular flexibility index (Phi) is 3.73. The highest BCUT2D eigenvalue weighted by Gasteiger charge is 2.26. The van der Waals surface area contributed by atoms with Crippen molar-refractivity contribution in [2.24, 2.45) is 0 Å². The number of nitrogens with one attached hydrogen (secondary N) is 1. The molecule has 0 fully saturated rings. The van der Waals surface area contributed by atoms with E-state index in [2.05, 4.69) is 4.98 Å². The number of hydrogen-bond acceptors (Lipinski definition) is 2. The van der Waals surface area contributed by atoms with Gasteiger partial charge in [0.1, 0.15) is 5.15 Å². The van der Waals surface area contributed by atoms with Gasteiger partial charge in [-0.1, -0.05) is 52.5 Å². The van der Waals surface area contributed by atoms with Gasteiger partial charge in [0, 0.05) is 0 Å². The summed E-state index contributed by atoms with van der Waals surface area (Å²) in [6.45, 7) is 0. The molecule has 8 heteroatoms. The van der Waals surface area contributed by atoms with Gasteiger partial charge in [-0.25, -0.2) is 0 Å². The molecule has 0 aliphatic carbocycles. The Bertz CT molecular complexity index is 639. The van der Waals surface area contributed by atoms with Crippen molar-refractivity contribution in [1.29, 1.82) is 0 Å². The van der Waals surface area contributed by atoms with Gasteiger partial charge in [0.25, 0.3) is 0 Å². The molecule has 4 nitrogen and oxygen atoms in total. The number of nitro groups is 1. The third kappa shape index (κ3) is 2.29. The Balaban J connectivity index is 2.70. The number of hydrogen-bond donors (Lipinski definition) is 1. The maximum Gasteiger partial charge on any atom is 0.315 e. The van der Waals surface area contributed by atoms with Gasteiger partial charge in [0.05, 0.1) is 20.5 Å². The first kappa shape index (κ1) is 13.5. The van der Waals surface area contributed by atoms with E-state index in [0.29, 0.717) is 10.6 Å². The van der Waals surface area contributed by atoms with Gasteiger partial charge in [-0.15, -0.1) is 0 Å². The molecule has 18 heavy (non-hydrogen) atoms. The Morgan fingerprint density at radius 1 is 1.06 bits per heavy atom. The highest BCUT2D eigenvalue weighted by atomic mass is 35.5. The van der Waals surface area contributed by atoms with Crippen LogP contribution in [0, 0.1) is 10.1 Å². The predicted molar refractivity (Wildman–Crippen MR) is 72.9 cm³/mol. The molecule has 1 aromatic heterocycles. The van der Waals surface area contributed by atoms with E-state index in [1.54, 1.807) is 6.07 Å². The smallest absolute Gasteiger partial charge is 0.315 e. The van der Waals surface area contributed by atoms with E-state index in [4.69, 9.17) is 46.4 Å². The van der Waals surface area contributed by atoms with Crippen LogP contribution in [0.5, 0.6) is 0 Å². The molecule has 1 N–H and O–H groups in total. The number of H-pyrrole nitrogens is 1. The van der Waals surface area contributed by atoms with Crippen LogP contribution in [0.25, 0.3) is 11.1 Å². The van der Waals surface area contributed by atoms with Crippen LogP contribution in [-0.2, 0) is 0 Å². The predicted octanol–water partition coefficient (Wildman–Crippen LogP) is 5.20. The molecular weight excluding hydrogens is 322 g/mol. The normalized spacial score (nSPS) is 10.7. The average Bonchev–Trinajstić information content (AvgIpc) is 2.57. The lowest BCUT2D eigenvalue weighted by Crippen LogP contribution is -1.89. The number of nitrogens with zero attached hydrogens (tertiary/aromatic N) is 1. The molecule has 2 aromatic rings. The molecule has 0 atom stereocenters. The fraction of sp³-hybridized carbons (Fsp3) is 0. The lowest BCUT2D eigenvalue weighted by atomic mass is 10.1. The molecule has 0 aliphatic heterocycles. The number of benzene rings is 1. The zero-order chi connectivity index (χ0) is 13.4. The highest BCUT2D eigenvalue weighted by Crippen LogP contribution is 2.42. The van der Waals surface area contributed by atoms with Crippen LogP contribution in [0.1, 0.15) is 0 Å². The van der Waals surface area contributed by atoms with Crippen molar-refractivity contribution < 1.29 is 4.92 Å². The number of aromatic amines is 1. The molecule has 0 unspecified atom stereocenters. The lowest BCUT2D eigenvalue weighted by molar-refractivity contribution is -0.383. The molecule has 0 saturated heterocycles. The first-order valence-corrected chi connectivity index (χ1v) is 6.09. The van der Waals surface area contributed by atoms with Crippen LogP contribution in [0.2, 0.25) is 20.4 Å². The molecule has 0 aliphatic rings.